The number of carboxylic acid groups (broad SMARTS) is 1. The molecule has 0 fully saturated rings. The van der Waals surface area contributed by atoms with Gasteiger partial charge in [-0.05, 0) is 23.8 Å². The Bertz CT molecular complexity index is 1250. The molecular formula is C19H13ClN4O4. The minimum Gasteiger partial charge on any atom is -0.505 e. The number of benzene rings is 2. The number of aliphatic carboxylic acids is 1. The van der Waals surface area contributed by atoms with Crippen molar-refractivity contribution in [3.8, 4) is 16.9 Å². The maximum Gasteiger partial charge on any atom is 0.322 e. The van der Waals surface area contributed by atoms with Crippen molar-refractivity contribution in [2.45, 2.75) is 0 Å². The van der Waals surface area contributed by atoms with Crippen LogP contribution in [0.1, 0.15) is 10.5 Å². The standard InChI is InChI=1S/C19H13ClN4O4/c20-14-4-2-1-3-11(14)10-5-6-12-13(7-10)18-22-9-23-24(18)16(17(12)27)19(28)21-8-15(25)26/h1-7,9,27H,8H2,(H,21,28)(H,25,26). The molecule has 140 valence electrons. The monoisotopic (exact) mass is 396 g/mol. The van der Waals surface area contributed by atoms with Crippen LogP contribution in [-0.4, -0.2) is 43.2 Å². The Morgan fingerprint density at radius 3 is 2.68 bits per heavy atom. The van der Waals surface area contributed by atoms with Crippen LogP contribution in [0.15, 0.2) is 48.8 Å². The minimum atomic E-state index is -1.20. The Kier molecular flexibility index (Phi) is 4.32. The highest BCUT2D eigenvalue weighted by molar-refractivity contribution is 6.33. The molecule has 0 atom stereocenters. The van der Waals surface area contributed by atoms with Gasteiger partial charge >= 0.3 is 5.97 Å². The van der Waals surface area contributed by atoms with Crippen molar-refractivity contribution in [1.29, 1.82) is 0 Å². The zero-order valence-corrected chi connectivity index (χ0v) is 15.0. The molecule has 0 bridgehead atoms. The lowest BCUT2D eigenvalue weighted by atomic mass is 10.0. The second-order valence-electron chi connectivity index (χ2n) is 6.01. The van der Waals surface area contributed by atoms with E-state index in [0.717, 1.165) is 11.1 Å². The quantitative estimate of drug-likeness (QED) is 0.488. The van der Waals surface area contributed by atoms with E-state index in [1.54, 1.807) is 24.3 Å². The lowest BCUT2D eigenvalue weighted by molar-refractivity contribution is -0.135. The highest BCUT2D eigenvalue weighted by Gasteiger charge is 2.22. The number of aromatic nitrogens is 3. The third-order valence-electron chi connectivity index (χ3n) is 4.30. The van der Waals surface area contributed by atoms with E-state index in [-0.39, 0.29) is 11.4 Å². The predicted octanol–water partition coefficient (Wildman–Crippen LogP) is 2.72. The van der Waals surface area contributed by atoms with E-state index < -0.39 is 18.4 Å². The number of nitrogens with zero attached hydrogens (tertiary/aromatic N) is 3. The smallest absolute Gasteiger partial charge is 0.322 e. The third kappa shape index (κ3) is 2.89. The molecule has 0 spiro atoms. The summed E-state index contributed by atoms with van der Waals surface area (Å²) < 4.78 is 1.19. The van der Waals surface area contributed by atoms with Crippen LogP contribution < -0.4 is 5.32 Å². The molecule has 3 N–H and O–H groups in total. The number of halogens is 1. The van der Waals surface area contributed by atoms with E-state index in [1.165, 1.54) is 10.8 Å². The lowest BCUT2D eigenvalue weighted by Gasteiger charge is -2.12. The zero-order chi connectivity index (χ0) is 19.8. The molecule has 4 aromatic rings. The van der Waals surface area contributed by atoms with Gasteiger partial charge in [0.25, 0.3) is 5.91 Å². The topological polar surface area (TPSA) is 117 Å². The second kappa shape index (κ2) is 6.82. The molecule has 0 aliphatic carbocycles. The fourth-order valence-electron chi connectivity index (χ4n) is 3.06. The SMILES string of the molecule is O=C(O)CNC(=O)c1c(O)c2ccc(-c3ccccc3Cl)cc2c2ncnn12. The summed E-state index contributed by atoms with van der Waals surface area (Å²) in [6.45, 7) is -0.585. The van der Waals surface area contributed by atoms with Gasteiger partial charge in [0.1, 0.15) is 12.9 Å². The third-order valence-corrected chi connectivity index (χ3v) is 4.63. The number of aromatic hydroxyl groups is 1. The Morgan fingerprint density at radius 2 is 1.93 bits per heavy atom. The number of amides is 1. The molecule has 0 radical (unpaired) electrons. The molecule has 0 unspecified atom stereocenters. The fraction of sp³-hybridized carbons (Fsp3) is 0.0526. The average Bonchev–Trinajstić information content (AvgIpc) is 3.16. The number of rotatable bonds is 4. The molecule has 2 heterocycles. The van der Waals surface area contributed by atoms with Crippen LogP contribution in [0.5, 0.6) is 5.75 Å². The molecular weight excluding hydrogens is 384 g/mol. The summed E-state index contributed by atoms with van der Waals surface area (Å²) in [6, 6.07) is 12.6. The lowest BCUT2D eigenvalue weighted by Crippen LogP contribution is -2.31. The number of hydrogen-bond acceptors (Lipinski definition) is 5. The summed E-state index contributed by atoms with van der Waals surface area (Å²) in [5, 5.41) is 27.2. The van der Waals surface area contributed by atoms with Crippen LogP contribution in [0.25, 0.3) is 27.5 Å². The highest BCUT2D eigenvalue weighted by atomic mass is 35.5. The van der Waals surface area contributed by atoms with Gasteiger partial charge < -0.3 is 15.5 Å². The van der Waals surface area contributed by atoms with Crippen molar-refractivity contribution in [2.24, 2.45) is 0 Å². The molecule has 1 amide bonds. The van der Waals surface area contributed by atoms with Gasteiger partial charge in [-0.3, -0.25) is 9.59 Å². The van der Waals surface area contributed by atoms with Crippen molar-refractivity contribution in [1.82, 2.24) is 19.9 Å². The number of nitrogens with one attached hydrogen (secondary N) is 1. The molecule has 0 saturated carbocycles. The van der Waals surface area contributed by atoms with Gasteiger partial charge in [0.15, 0.2) is 17.1 Å². The van der Waals surface area contributed by atoms with E-state index >= 15 is 0 Å². The number of fused-ring (bicyclic) bond motifs is 3. The molecule has 8 nitrogen and oxygen atoms in total. The molecule has 0 aliphatic rings. The van der Waals surface area contributed by atoms with E-state index in [0.29, 0.717) is 21.4 Å². The normalized spacial score (nSPS) is 11.0. The summed E-state index contributed by atoms with van der Waals surface area (Å²) in [6.07, 6.45) is 1.25. The van der Waals surface area contributed by atoms with Gasteiger partial charge in [0, 0.05) is 21.4 Å². The number of carbonyl (C=O) groups excluding carboxylic acids is 1. The number of pyridine rings is 1. The van der Waals surface area contributed by atoms with Crippen LogP contribution in [0.2, 0.25) is 5.02 Å². The fourth-order valence-corrected chi connectivity index (χ4v) is 3.30. The van der Waals surface area contributed by atoms with Crippen LogP contribution in [0, 0.1) is 0 Å². The molecule has 0 saturated heterocycles. The first kappa shape index (κ1) is 17.7. The molecule has 9 heteroatoms. The second-order valence-corrected chi connectivity index (χ2v) is 6.42. The van der Waals surface area contributed by atoms with E-state index in [2.05, 4.69) is 15.4 Å². The van der Waals surface area contributed by atoms with Crippen molar-refractivity contribution in [3.63, 3.8) is 0 Å². The molecule has 4 rings (SSSR count). The number of carboxylic acids is 1. The van der Waals surface area contributed by atoms with E-state index in [9.17, 15) is 14.7 Å². The van der Waals surface area contributed by atoms with Gasteiger partial charge in [0.2, 0.25) is 0 Å². The Morgan fingerprint density at radius 1 is 1.14 bits per heavy atom. The van der Waals surface area contributed by atoms with Gasteiger partial charge in [0.05, 0.1) is 0 Å². The molecule has 2 aromatic heterocycles. The van der Waals surface area contributed by atoms with Crippen molar-refractivity contribution in [2.75, 3.05) is 6.54 Å². The zero-order valence-electron chi connectivity index (χ0n) is 14.3. The summed E-state index contributed by atoms with van der Waals surface area (Å²) in [5.41, 5.74) is 1.78. The van der Waals surface area contributed by atoms with Crippen molar-refractivity contribution >= 4 is 39.9 Å². The van der Waals surface area contributed by atoms with Crippen molar-refractivity contribution in [3.05, 3.63) is 59.5 Å². The summed E-state index contributed by atoms with van der Waals surface area (Å²) >= 11 is 6.28. The number of hydrogen-bond donors (Lipinski definition) is 3. The van der Waals surface area contributed by atoms with E-state index in [1.807, 2.05) is 18.2 Å². The van der Waals surface area contributed by atoms with Crippen LogP contribution >= 0.6 is 11.6 Å². The van der Waals surface area contributed by atoms with Gasteiger partial charge in [-0.25, -0.2) is 9.50 Å². The Labute approximate surface area is 163 Å². The van der Waals surface area contributed by atoms with Gasteiger partial charge in [-0.1, -0.05) is 35.9 Å². The first-order chi connectivity index (χ1) is 13.5. The molecule has 2 aromatic carbocycles. The summed E-state index contributed by atoms with van der Waals surface area (Å²) in [4.78, 5) is 27.3. The van der Waals surface area contributed by atoms with Crippen LogP contribution in [-0.2, 0) is 4.79 Å². The predicted molar refractivity (Wildman–Crippen MR) is 103 cm³/mol. The summed E-state index contributed by atoms with van der Waals surface area (Å²) in [5.74, 6) is -2.29. The van der Waals surface area contributed by atoms with Crippen LogP contribution in [0.4, 0.5) is 0 Å². The maximum absolute atomic E-state index is 12.4. The van der Waals surface area contributed by atoms with Crippen molar-refractivity contribution < 1.29 is 19.8 Å². The first-order valence-electron chi connectivity index (χ1n) is 8.20. The Balaban J connectivity index is 1.93. The molecule has 0 aliphatic heterocycles. The highest BCUT2D eigenvalue weighted by Crippen LogP contribution is 2.36. The maximum atomic E-state index is 12.4. The van der Waals surface area contributed by atoms with Gasteiger partial charge in [-0.15, -0.1) is 0 Å². The summed E-state index contributed by atoms with van der Waals surface area (Å²) in [7, 11) is 0. The first-order valence-corrected chi connectivity index (χ1v) is 8.58. The minimum absolute atomic E-state index is 0.188. The van der Waals surface area contributed by atoms with E-state index in [4.69, 9.17) is 16.7 Å². The largest absolute Gasteiger partial charge is 0.505 e. The molecule has 28 heavy (non-hydrogen) atoms. The van der Waals surface area contributed by atoms with Crippen LogP contribution in [0.3, 0.4) is 0 Å². The number of carbonyl (C=O) groups is 2. The average molecular weight is 397 g/mol. The Hall–Kier alpha value is -3.65. The van der Waals surface area contributed by atoms with Gasteiger partial charge in [-0.2, -0.15) is 5.10 Å².